The molecule has 0 atom stereocenters. The maximum Gasteiger partial charge on any atom is 0.250 e. The predicted molar refractivity (Wildman–Crippen MR) is 92.5 cm³/mol. The van der Waals surface area contributed by atoms with Crippen LogP contribution in [0.3, 0.4) is 0 Å². The van der Waals surface area contributed by atoms with Gasteiger partial charge >= 0.3 is 0 Å². The molecule has 0 bridgehead atoms. The van der Waals surface area contributed by atoms with E-state index < -0.39 is 0 Å². The highest BCUT2D eigenvalue weighted by Gasteiger charge is 2.10. The summed E-state index contributed by atoms with van der Waals surface area (Å²) in [5.74, 6) is 0.782. The summed E-state index contributed by atoms with van der Waals surface area (Å²) in [6.07, 6.45) is 1.97. The first-order valence-electron chi connectivity index (χ1n) is 7.22. The van der Waals surface area contributed by atoms with Crippen LogP contribution in [0.2, 0.25) is 0 Å². The normalized spacial score (nSPS) is 10.4. The number of pyridine rings is 1. The Bertz CT molecular complexity index is 725. The van der Waals surface area contributed by atoms with Gasteiger partial charge in [0.2, 0.25) is 5.91 Å². The summed E-state index contributed by atoms with van der Waals surface area (Å²) in [7, 11) is 3.38. The quantitative estimate of drug-likeness (QED) is 0.776. The fourth-order valence-electron chi connectivity index (χ4n) is 2.18. The van der Waals surface area contributed by atoms with Crippen molar-refractivity contribution in [3.63, 3.8) is 0 Å². The van der Waals surface area contributed by atoms with Crippen LogP contribution in [-0.4, -0.2) is 29.5 Å². The van der Waals surface area contributed by atoms with E-state index in [1.165, 1.54) is 10.6 Å². The van der Waals surface area contributed by atoms with Crippen LogP contribution in [0.5, 0.6) is 5.75 Å². The van der Waals surface area contributed by atoms with Crippen molar-refractivity contribution in [2.24, 2.45) is 0 Å². The van der Waals surface area contributed by atoms with Crippen molar-refractivity contribution in [2.45, 2.75) is 19.5 Å². The van der Waals surface area contributed by atoms with Crippen LogP contribution in [0.15, 0.2) is 51.9 Å². The Balaban J connectivity index is 1.91. The number of benzene rings is 1. The van der Waals surface area contributed by atoms with Crippen molar-refractivity contribution in [3.05, 3.63) is 63.0 Å². The first-order valence-corrected chi connectivity index (χ1v) is 8.02. The smallest absolute Gasteiger partial charge is 0.250 e. The number of methoxy groups -OCH3 is 1. The number of nitrogens with zero attached hydrogens (tertiary/aromatic N) is 2. The fraction of sp³-hybridized carbons (Fsp3) is 0.294. The molecule has 2 rings (SSSR count). The Morgan fingerprint density at radius 1 is 1.22 bits per heavy atom. The van der Waals surface area contributed by atoms with Crippen molar-refractivity contribution in [3.8, 4) is 5.75 Å². The molecule has 0 saturated carbocycles. The Morgan fingerprint density at radius 3 is 2.57 bits per heavy atom. The molecule has 23 heavy (non-hydrogen) atoms. The molecular weight excluding hydrogens is 360 g/mol. The second kappa shape index (κ2) is 7.97. The molecule has 6 heteroatoms. The zero-order chi connectivity index (χ0) is 16.8. The van der Waals surface area contributed by atoms with Gasteiger partial charge in [-0.3, -0.25) is 9.59 Å². The highest BCUT2D eigenvalue weighted by molar-refractivity contribution is 9.10. The number of carbonyl (C=O) groups is 1. The maximum atomic E-state index is 12.2. The van der Waals surface area contributed by atoms with E-state index in [4.69, 9.17) is 4.74 Å². The predicted octanol–water partition coefficient (Wildman–Crippen LogP) is 2.67. The summed E-state index contributed by atoms with van der Waals surface area (Å²) >= 11 is 3.32. The van der Waals surface area contributed by atoms with Gasteiger partial charge in [0.15, 0.2) is 0 Å². The minimum Gasteiger partial charge on any atom is -0.497 e. The van der Waals surface area contributed by atoms with Crippen molar-refractivity contribution in [1.29, 1.82) is 0 Å². The van der Waals surface area contributed by atoms with E-state index in [0.29, 0.717) is 13.1 Å². The lowest BCUT2D eigenvalue weighted by atomic mass is 10.2. The van der Waals surface area contributed by atoms with Gasteiger partial charge in [-0.05, 0) is 39.7 Å². The van der Waals surface area contributed by atoms with Crippen molar-refractivity contribution in [2.75, 3.05) is 14.2 Å². The van der Waals surface area contributed by atoms with Crippen LogP contribution in [0.4, 0.5) is 0 Å². The number of amides is 1. The zero-order valence-corrected chi connectivity index (χ0v) is 14.7. The van der Waals surface area contributed by atoms with E-state index in [1.807, 2.05) is 24.3 Å². The number of halogens is 1. The van der Waals surface area contributed by atoms with E-state index in [2.05, 4.69) is 15.9 Å². The minimum atomic E-state index is -0.112. The molecular formula is C17H19BrN2O3. The number of ether oxygens (including phenoxy) is 1. The molecule has 122 valence electrons. The van der Waals surface area contributed by atoms with E-state index in [-0.39, 0.29) is 17.9 Å². The highest BCUT2D eigenvalue weighted by atomic mass is 79.9. The van der Waals surface area contributed by atoms with Gasteiger partial charge in [0.05, 0.1) is 7.11 Å². The van der Waals surface area contributed by atoms with Gasteiger partial charge in [0.25, 0.3) is 5.56 Å². The van der Waals surface area contributed by atoms with Crippen LogP contribution >= 0.6 is 15.9 Å². The SMILES string of the molecule is COc1ccc(CN(C)C(=O)CCn2cc(Br)ccc2=O)cc1. The third-order valence-corrected chi connectivity index (χ3v) is 3.99. The molecule has 1 aromatic heterocycles. The molecule has 0 fully saturated rings. The Morgan fingerprint density at radius 2 is 1.91 bits per heavy atom. The van der Waals surface area contributed by atoms with E-state index in [1.54, 1.807) is 31.3 Å². The molecule has 0 N–H and O–H groups in total. The standard InChI is InChI=1S/C17H19BrN2O3/c1-19(11-13-3-6-15(23-2)7-4-13)16(21)9-10-20-12-14(18)5-8-17(20)22/h3-8,12H,9-11H2,1-2H3. The van der Waals surface area contributed by atoms with Gasteiger partial charge in [-0.1, -0.05) is 12.1 Å². The lowest BCUT2D eigenvalue weighted by molar-refractivity contribution is -0.130. The first-order chi connectivity index (χ1) is 11.0. The number of aromatic nitrogens is 1. The van der Waals surface area contributed by atoms with Crippen LogP contribution in [0.1, 0.15) is 12.0 Å². The summed E-state index contributed by atoms with van der Waals surface area (Å²) in [5, 5.41) is 0. The van der Waals surface area contributed by atoms with Gasteiger partial charge in [-0.15, -0.1) is 0 Å². The van der Waals surface area contributed by atoms with E-state index in [9.17, 15) is 9.59 Å². The molecule has 1 heterocycles. The van der Waals surface area contributed by atoms with Gasteiger partial charge in [-0.25, -0.2) is 0 Å². The summed E-state index contributed by atoms with van der Waals surface area (Å²) in [6.45, 7) is 0.889. The van der Waals surface area contributed by atoms with Gasteiger partial charge < -0.3 is 14.2 Å². The molecule has 0 spiro atoms. The van der Waals surface area contributed by atoms with Crippen molar-refractivity contribution < 1.29 is 9.53 Å². The number of carbonyl (C=O) groups excluding carboxylic acids is 1. The Hall–Kier alpha value is -2.08. The number of hydrogen-bond acceptors (Lipinski definition) is 3. The van der Waals surface area contributed by atoms with E-state index >= 15 is 0 Å². The summed E-state index contributed by atoms with van der Waals surface area (Å²) < 4.78 is 7.46. The van der Waals surface area contributed by atoms with E-state index in [0.717, 1.165) is 15.8 Å². The van der Waals surface area contributed by atoms with Crippen LogP contribution in [0.25, 0.3) is 0 Å². The topological polar surface area (TPSA) is 51.5 Å². The molecule has 0 radical (unpaired) electrons. The third-order valence-electron chi connectivity index (χ3n) is 3.52. The molecule has 0 aliphatic carbocycles. The molecule has 0 saturated heterocycles. The van der Waals surface area contributed by atoms with Gasteiger partial charge in [0, 0.05) is 43.3 Å². The Kier molecular flexibility index (Phi) is 5.98. The Labute approximate surface area is 143 Å². The second-order valence-corrected chi connectivity index (χ2v) is 6.14. The molecule has 5 nitrogen and oxygen atoms in total. The lowest BCUT2D eigenvalue weighted by Gasteiger charge is -2.18. The maximum absolute atomic E-state index is 12.2. The third kappa shape index (κ3) is 4.96. The average Bonchev–Trinajstić information content (AvgIpc) is 2.56. The fourth-order valence-corrected chi connectivity index (χ4v) is 2.56. The number of aryl methyl sites for hydroxylation is 1. The summed E-state index contributed by atoms with van der Waals surface area (Å²) in [5.41, 5.74) is 0.917. The first kappa shape index (κ1) is 17.3. The van der Waals surface area contributed by atoms with Crippen molar-refractivity contribution >= 4 is 21.8 Å². The minimum absolute atomic E-state index is 0.00677. The lowest BCUT2D eigenvalue weighted by Crippen LogP contribution is -2.28. The monoisotopic (exact) mass is 378 g/mol. The van der Waals surface area contributed by atoms with Crippen LogP contribution in [-0.2, 0) is 17.9 Å². The summed E-state index contributed by atoms with van der Waals surface area (Å²) in [4.78, 5) is 25.6. The molecule has 0 unspecified atom stereocenters. The summed E-state index contributed by atoms with van der Waals surface area (Å²) in [6, 6.07) is 10.8. The molecule has 0 aliphatic rings. The molecule has 0 aliphatic heterocycles. The number of rotatable bonds is 6. The van der Waals surface area contributed by atoms with Gasteiger partial charge in [-0.2, -0.15) is 0 Å². The largest absolute Gasteiger partial charge is 0.497 e. The molecule has 2 aromatic rings. The molecule has 1 aromatic carbocycles. The van der Waals surface area contributed by atoms with Crippen LogP contribution < -0.4 is 10.3 Å². The molecule has 1 amide bonds. The highest BCUT2D eigenvalue weighted by Crippen LogP contribution is 2.13. The number of hydrogen-bond donors (Lipinski definition) is 0. The van der Waals surface area contributed by atoms with Crippen molar-refractivity contribution in [1.82, 2.24) is 9.47 Å². The second-order valence-electron chi connectivity index (χ2n) is 5.23. The average molecular weight is 379 g/mol. The van der Waals surface area contributed by atoms with Crippen LogP contribution in [0, 0.1) is 0 Å². The zero-order valence-electron chi connectivity index (χ0n) is 13.2. The van der Waals surface area contributed by atoms with Gasteiger partial charge in [0.1, 0.15) is 5.75 Å².